The van der Waals surface area contributed by atoms with E-state index < -0.39 is 23.2 Å². The van der Waals surface area contributed by atoms with E-state index in [0.29, 0.717) is 23.3 Å². The van der Waals surface area contributed by atoms with E-state index in [0.717, 1.165) is 23.4 Å². The van der Waals surface area contributed by atoms with Gasteiger partial charge in [0.15, 0.2) is 0 Å². The lowest BCUT2D eigenvalue weighted by Crippen LogP contribution is -2.35. The third-order valence-electron chi connectivity index (χ3n) is 5.85. The number of carbonyl (C=O) groups is 2. The predicted octanol–water partition coefficient (Wildman–Crippen LogP) is 5.24. The number of methoxy groups -OCH3 is 1. The normalized spacial score (nSPS) is 15.1. The van der Waals surface area contributed by atoms with Crippen molar-refractivity contribution >= 4 is 17.5 Å². The van der Waals surface area contributed by atoms with Gasteiger partial charge in [-0.05, 0) is 66.9 Å². The Bertz CT molecular complexity index is 1220. The lowest BCUT2D eigenvalue weighted by molar-refractivity contribution is -0.137. The standard InChI is InChI=1S/C26H23F3N2O3/c1-16-13-19-8-7-17(15-30-24(32)21-5-3-4-6-22(21)26(27,28)29)14-23(19)31(16)25(33)18-9-11-20(34-2)12-10-18/h3-12,14,16H,13,15H2,1-2H3,(H,30,32)/t16-/m1/s1. The molecule has 0 spiro atoms. The molecule has 5 nitrogen and oxygen atoms in total. The second-order valence-electron chi connectivity index (χ2n) is 8.15. The fraction of sp³-hybridized carbons (Fsp3) is 0.231. The first kappa shape index (κ1) is 23.4. The number of nitrogens with zero attached hydrogens (tertiary/aromatic N) is 1. The molecule has 1 atom stereocenters. The lowest BCUT2D eigenvalue weighted by atomic mass is 10.1. The Hall–Kier alpha value is -3.81. The van der Waals surface area contributed by atoms with Crippen LogP contribution in [0.4, 0.5) is 18.9 Å². The van der Waals surface area contributed by atoms with Crippen molar-refractivity contribution in [2.45, 2.75) is 32.1 Å². The summed E-state index contributed by atoms with van der Waals surface area (Å²) in [4.78, 5) is 27.4. The Morgan fingerprint density at radius 1 is 1.06 bits per heavy atom. The summed E-state index contributed by atoms with van der Waals surface area (Å²) in [5.41, 5.74) is 1.51. The van der Waals surface area contributed by atoms with Gasteiger partial charge in [-0.2, -0.15) is 13.2 Å². The molecule has 4 rings (SSSR count). The van der Waals surface area contributed by atoms with E-state index in [2.05, 4.69) is 5.32 Å². The van der Waals surface area contributed by atoms with Gasteiger partial charge in [0.25, 0.3) is 11.8 Å². The molecule has 0 aromatic heterocycles. The average Bonchev–Trinajstić information content (AvgIpc) is 3.16. The first-order chi connectivity index (χ1) is 16.2. The van der Waals surface area contributed by atoms with Gasteiger partial charge in [-0.25, -0.2) is 0 Å². The number of rotatable bonds is 5. The number of hydrogen-bond donors (Lipinski definition) is 1. The van der Waals surface area contributed by atoms with Gasteiger partial charge in [-0.15, -0.1) is 0 Å². The Morgan fingerprint density at radius 3 is 2.44 bits per heavy atom. The largest absolute Gasteiger partial charge is 0.497 e. The van der Waals surface area contributed by atoms with Gasteiger partial charge in [-0.3, -0.25) is 9.59 Å². The molecule has 0 saturated heterocycles. The average molecular weight is 468 g/mol. The molecule has 0 unspecified atom stereocenters. The van der Waals surface area contributed by atoms with Crippen LogP contribution in [0.1, 0.15) is 44.3 Å². The number of carbonyl (C=O) groups excluding carboxylic acids is 2. The molecular weight excluding hydrogens is 445 g/mol. The Balaban J connectivity index is 1.53. The van der Waals surface area contributed by atoms with Crippen molar-refractivity contribution in [3.8, 4) is 5.75 Å². The highest BCUT2D eigenvalue weighted by atomic mass is 19.4. The topological polar surface area (TPSA) is 58.6 Å². The minimum absolute atomic E-state index is 0.0251. The van der Waals surface area contributed by atoms with Crippen LogP contribution < -0.4 is 15.0 Å². The molecule has 0 bridgehead atoms. The molecule has 1 N–H and O–H groups in total. The minimum atomic E-state index is -4.63. The Kier molecular flexibility index (Phi) is 6.32. The maximum absolute atomic E-state index is 13.2. The van der Waals surface area contributed by atoms with E-state index in [1.165, 1.54) is 12.1 Å². The van der Waals surface area contributed by atoms with Crippen molar-refractivity contribution in [3.63, 3.8) is 0 Å². The van der Waals surface area contributed by atoms with Crippen molar-refractivity contribution in [1.29, 1.82) is 0 Å². The number of fused-ring (bicyclic) bond motifs is 1. The third-order valence-corrected chi connectivity index (χ3v) is 5.85. The van der Waals surface area contributed by atoms with Crippen LogP contribution in [0.25, 0.3) is 0 Å². The number of halogens is 3. The number of ether oxygens (including phenoxy) is 1. The second-order valence-corrected chi connectivity index (χ2v) is 8.15. The smallest absolute Gasteiger partial charge is 0.417 e. The Labute approximate surface area is 195 Å². The van der Waals surface area contributed by atoms with Crippen LogP contribution in [0.5, 0.6) is 5.75 Å². The second kappa shape index (κ2) is 9.21. The quantitative estimate of drug-likeness (QED) is 0.558. The highest BCUT2D eigenvalue weighted by molar-refractivity contribution is 6.08. The fourth-order valence-corrected chi connectivity index (χ4v) is 4.15. The molecule has 1 heterocycles. The van der Waals surface area contributed by atoms with Gasteiger partial charge < -0.3 is 15.0 Å². The summed E-state index contributed by atoms with van der Waals surface area (Å²) in [6, 6.07) is 17.0. The van der Waals surface area contributed by atoms with Crippen LogP contribution in [-0.4, -0.2) is 25.0 Å². The number of anilines is 1. The van der Waals surface area contributed by atoms with Gasteiger partial charge in [0.1, 0.15) is 5.75 Å². The van der Waals surface area contributed by atoms with Crippen LogP contribution in [0.3, 0.4) is 0 Å². The summed E-state index contributed by atoms with van der Waals surface area (Å²) in [6.45, 7) is 1.98. The molecule has 1 aliphatic heterocycles. The summed E-state index contributed by atoms with van der Waals surface area (Å²) in [5.74, 6) is -0.321. The fourth-order valence-electron chi connectivity index (χ4n) is 4.15. The molecule has 3 aromatic carbocycles. The van der Waals surface area contributed by atoms with Crippen molar-refractivity contribution in [2.75, 3.05) is 12.0 Å². The molecule has 8 heteroatoms. The summed E-state index contributed by atoms with van der Waals surface area (Å²) < 4.78 is 44.9. The molecule has 0 aliphatic carbocycles. The summed E-state index contributed by atoms with van der Waals surface area (Å²) in [7, 11) is 1.55. The summed E-state index contributed by atoms with van der Waals surface area (Å²) in [5, 5.41) is 2.56. The van der Waals surface area contributed by atoms with E-state index in [4.69, 9.17) is 4.74 Å². The first-order valence-electron chi connectivity index (χ1n) is 10.7. The van der Waals surface area contributed by atoms with E-state index in [9.17, 15) is 22.8 Å². The SMILES string of the molecule is COc1ccc(C(=O)N2c3cc(CNC(=O)c4ccccc4C(F)(F)F)ccc3C[C@H]2C)cc1. The van der Waals surface area contributed by atoms with Gasteiger partial charge in [0.05, 0.1) is 18.2 Å². The number of nitrogens with one attached hydrogen (secondary N) is 1. The molecule has 0 radical (unpaired) electrons. The number of hydrogen-bond acceptors (Lipinski definition) is 3. The zero-order valence-corrected chi connectivity index (χ0v) is 18.6. The van der Waals surface area contributed by atoms with Gasteiger partial charge >= 0.3 is 6.18 Å². The van der Waals surface area contributed by atoms with Crippen LogP contribution in [0.2, 0.25) is 0 Å². The van der Waals surface area contributed by atoms with Crippen molar-refractivity contribution in [3.05, 3.63) is 94.5 Å². The zero-order valence-electron chi connectivity index (χ0n) is 18.6. The molecule has 0 saturated carbocycles. The van der Waals surface area contributed by atoms with E-state index in [-0.39, 0.29) is 18.5 Å². The number of alkyl halides is 3. The van der Waals surface area contributed by atoms with Gasteiger partial charge in [0.2, 0.25) is 0 Å². The highest BCUT2D eigenvalue weighted by Crippen LogP contribution is 2.35. The third kappa shape index (κ3) is 4.62. The monoisotopic (exact) mass is 468 g/mol. The number of amides is 2. The Morgan fingerprint density at radius 2 is 1.76 bits per heavy atom. The maximum atomic E-state index is 13.2. The first-order valence-corrected chi connectivity index (χ1v) is 10.7. The molecule has 2 amide bonds. The van der Waals surface area contributed by atoms with E-state index in [1.54, 1.807) is 42.3 Å². The number of benzene rings is 3. The van der Waals surface area contributed by atoms with Gasteiger partial charge in [-0.1, -0.05) is 24.3 Å². The zero-order chi connectivity index (χ0) is 24.5. The summed E-state index contributed by atoms with van der Waals surface area (Å²) >= 11 is 0. The van der Waals surface area contributed by atoms with Crippen LogP contribution in [0, 0.1) is 0 Å². The minimum Gasteiger partial charge on any atom is -0.497 e. The highest BCUT2D eigenvalue weighted by Gasteiger charge is 2.35. The van der Waals surface area contributed by atoms with Crippen molar-refractivity contribution < 1.29 is 27.5 Å². The molecular formula is C26H23F3N2O3. The van der Waals surface area contributed by atoms with Gasteiger partial charge in [0, 0.05) is 23.8 Å². The van der Waals surface area contributed by atoms with Crippen LogP contribution in [0.15, 0.2) is 66.7 Å². The molecule has 3 aromatic rings. The molecule has 1 aliphatic rings. The molecule has 34 heavy (non-hydrogen) atoms. The summed E-state index contributed by atoms with van der Waals surface area (Å²) in [6.07, 6.45) is -3.94. The molecule has 176 valence electrons. The maximum Gasteiger partial charge on any atom is 0.417 e. The molecule has 0 fully saturated rings. The van der Waals surface area contributed by atoms with Crippen molar-refractivity contribution in [2.24, 2.45) is 0 Å². The van der Waals surface area contributed by atoms with Crippen LogP contribution in [-0.2, 0) is 19.1 Å². The lowest BCUT2D eigenvalue weighted by Gasteiger charge is -2.23. The van der Waals surface area contributed by atoms with Crippen LogP contribution >= 0.6 is 0 Å². The van der Waals surface area contributed by atoms with E-state index >= 15 is 0 Å². The van der Waals surface area contributed by atoms with Crippen molar-refractivity contribution in [1.82, 2.24) is 5.32 Å². The predicted molar refractivity (Wildman–Crippen MR) is 122 cm³/mol. The van der Waals surface area contributed by atoms with E-state index in [1.807, 2.05) is 19.1 Å².